The summed E-state index contributed by atoms with van der Waals surface area (Å²) < 4.78 is 0. The first-order chi connectivity index (χ1) is 8.85. The maximum atomic E-state index is 6.33. The van der Waals surface area contributed by atoms with Gasteiger partial charge in [0.15, 0.2) is 0 Å². The molecule has 0 bridgehead atoms. The van der Waals surface area contributed by atoms with Crippen LogP contribution in [0.2, 0.25) is 0 Å². The summed E-state index contributed by atoms with van der Waals surface area (Å²) in [6.45, 7) is 9.19. The first-order valence-corrected chi connectivity index (χ1v) is 8.73. The molecule has 0 unspecified atom stereocenters. The lowest BCUT2D eigenvalue weighted by molar-refractivity contribution is 0.101. The second-order valence-electron chi connectivity index (χ2n) is 7.31. The molecule has 0 aliphatic heterocycles. The van der Waals surface area contributed by atoms with E-state index in [9.17, 15) is 0 Å². The van der Waals surface area contributed by atoms with Crippen molar-refractivity contribution in [2.45, 2.75) is 59.8 Å². The zero-order valence-electron chi connectivity index (χ0n) is 12.6. The predicted octanol–water partition coefficient (Wildman–Crippen LogP) is 5.46. The molecule has 1 saturated carbocycles. The van der Waals surface area contributed by atoms with Crippen molar-refractivity contribution >= 4 is 22.9 Å². The van der Waals surface area contributed by atoms with Crippen molar-refractivity contribution < 1.29 is 0 Å². The van der Waals surface area contributed by atoms with E-state index in [-0.39, 0.29) is 0 Å². The molecule has 1 aromatic heterocycles. The molecule has 19 heavy (non-hydrogen) atoms. The highest BCUT2D eigenvalue weighted by molar-refractivity contribution is 7.09. The van der Waals surface area contributed by atoms with Crippen LogP contribution in [0.4, 0.5) is 0 Å². The van der Waals surface area contributed by atoms with Crippen LogP contribution in [-0.2, 0) is 6.42 Å². The molecular formula is C16H26ClNS. The Balaban J connectivity index is 2.02. The van der Waals surface area contributed by atoms with Crippen LogP contribution in [0.3, 0.4) is 0 Å². The molecule has 0 spiro atoms. The van der Waals surface area contributed by atoms with E-state index in [0.717, 1.165) is 18.2 Å². The van der Waals surface area contributed by atoms with Gasteiger partial charge in [-0.1, -0.05) is 20.8 Å². The molecule has 1 fully saturated rings. The van der Waals surface area contributed by atoms with Gasteiger partial charge in [0.1, 0.15) is 0 Å². The first kappa shape index (κ1) is 15.3. The number of alkyl halides is 1. The molecule has 0 aromatic carbocycles. The topological polar surface area (TPSA) is 12.9 Å². The lowest BCUT2D eigenvalue weighted by Crippen LogP contribution is -2.35. The number of nitrogens with zero attached hydrogens (tertiary/aromatic N) is 1. The summed E-state index contributed by atoms with van der Waals surface area (Å²) in [6, 6.07) is 0. The van der Waals surface area contributed by atoms with Crippen LogP contribution in [0.5, 0.6) is 0 Å². The lowest BCUT2D eigenvalue weighted by atomic mass is 9.63. The Kier molecular flexibility index (Phi) is 4.62. The summed E-state index contributed by atoms with van der Waals surface area (Å²) in [6.07, 6.45) is 6.22. The number of thiazole rings is 1. The second-order valence-corrected chi connectivity index (χ2v) is 8.64. The fourth-order valence-electron chi connectivity index (χ4n) is 3.33. The average molecular weight is 300 g/mol. The fraction of sp³-hybridized carbons (Fsp3) is 0.812. The largest absolute Gasteiger partial charge is 0.247 e. The van der Waals surface area contributed by atoms with Gasteiger partial charge < -0.3 is 0 Å². The van der Waals surface area contributed by atoms with Crippen LogP contribution in [0.25, 0.3) is 0 Å². The maximum absolute atomic E-state index is 6.33. The highest BCUT2D eigenvalue weighted by Crippen LogP contribution is 2.47. The van der Waals surface area contributed by atoms with Crippen LogP contribution in [0, 0.1) is 23.7 Å². The molecule has 108 valence electrons. The molecule has 3 heteroatoms. The van der Waals surface area contributed by atoms with E-state index in [0.29, 0.717) is 10.8 Å². The third-order valence-electron chi connectivity index (χ3n) is 4.78. The van der Waals surface area contributed by atoms with E-state index in [1.54, 1.807) is 11.3 Å². The van der Waals surface area contributed by atoms with Crippen LogP contribution in [-0.4, -0.2) is 10.9 Å². The van der Waals surface area contributed by atoms with E-state index in [1.807, 2.05) is 0 Å². The second kappa shape index (κ2) is 5.73. The molecule has 0 atom stereocenters. The predicted molar refractivity (Wildman–Crippen MR) is 85.1 cm³/mol. The van der Waals surface area contributed by atoms with Gasteiger partial charge in [-0.25, -0.2) is 4.98 Å². The van der Waals surface area contributed by atoms with Gasteiger partial charge in [-0.15, -0.1) is 22.9 Å². The minimum atomic E-state index is 0.295. The van der Waals surface area contributed by atoms with Crippen molar-refractivity contribution in [2.75, 3.05) is 5.88 Å². The molecule has 1 heterocycles. The molecule has 0 saturated heterocycles. The maximum Gasteiger partial charge on any atom is 0.0897 e. The van der Waals surface area contributed by atoms with E-state index in [4.69, 9.17) is 11.6 Å². The van der Waals surface area contributed by atoms with Gasteiger partial charge in [-0.05, 0) is 55.8 Å². The Morgan fingerprint density at radius 1 is 1.37 bits per heavy atom. The minimum Gasteiger partial charge on any atom is -0.247 e. The van der Waals surface area contributed by atoms with Gasteiger partial charge in [0.2, 0.25) is 0 Å². The van der Waals surface area contributed by atoms with Crippen molar-refractivity contribution in [1.82, 2.24) is 4.98 Å². The highest BCUT2D eigenvalue weighted by atomic mass is 35.5. The standard InChI is InChI=1S/C16H26ClNS/c1-12-18-14(10-19-12)9-16(11-17)7-5-13(6-8-16)15(2,3)4/h10,13H,5-9,11H2,1-4H3. The fourth-order valence-corrected chi connectivity index (χ4v) is 4.30. The van der Waals surface area contributed by atoms with Gasteiger partial charge in [0, 0.05) is 11.3 Å². The monoisotopic (exact) mass is 299 g/mol. The molecule has 2 rings (SSSR count). The number of hydrogen-bond acceptors (Lipinski definition) is 2. The number of aromatic nitrogens is 1. The van der Waals surface area contributed by atoms with Gasteiger partial charge in [0.25, 0.3) is 0 Å². The Morgan fingerprint density at radius 2 is 2.00 bits per heavy atom. The first-order valence-electron chi connectivity index (χ1n) is 7.32. The van der Waals surface area contributed by atoms with E-state index in [1.165, 1.54) is 36.4 Å². The van der Waals surface area contributed by atoms with Gasteiger partial charge in [0.05, 0.1) is 10.7 Å². The number of hydrogen-bond donors (Lipinski definition) is 0. The molecule has 1 aromatic rings. The van der Waals surface area contributed by atoms with E-state index >= 15 is 0 Å². The number of rotatable bonds is 3. The lowest BCUT2D eigenvalue weighted by Gasteiger charge is -2.43. The van der Waals surface area contributed by atoms with Crippen molar-refractivity contribution in [3.05, 3.63) is 16.1 Å². The molecule has 0 amide bonds. The third kappa shape index (κ3) is 3.72. The smallest absolute Gasteiger partial charge is 0.0897 e. The summed E-state index contributed by atoms with van der Waals surface area (Å²) in [5.41, 5.74) is 1.98. The summed E-state index contributed by atoms with van der Waals surface area (Å²) >= 11 is 8.08. The quantitative estimate of drug-likeness (QED) is 0.676. The van der Waals surface area contributed by atoms with Crippen molar-refractivity contribution in [3.8, 4) is 0 Å². The molecule has 0 N–H and O–H groups in total. The molecule has 1 aliphatic rings. The SMILES string of the molecule is Cc1nc(CC2(CCl)CCC(C(C)(C)C)CC2)cs1. The molecular weight excluding hydrogens is 274 g/mol. The third-order valence-corrected chi connectivity index (χ3v) is 6.17. The highest BCUT2D eigenvalue weighted by Gasteiger charge is 2.38. The zero-order valence-corrected chi connectivity index (χ0v) is 14.2. The molecule has 0 radical (unpaired) electrons. The van der Waals surface area contributed by atoms with Gasteiger partial charge >= 0.3 is 0 Å². The summed E-state index contributed by atoms with van der Waals surface area (Å²) in [5, 5.41) is 3.38. The molecule has 1 aliphatic carbocycles. The summed E-state index contributed by atoms with van der Waals surface area (Å²) in [4.78, 5) is 4.63. The van der Waals surface area contributed by atoms with Crippen LogP contribution in [0.1, 0.15) is 57.2 Å². The van der Waals surface area contributed by atoms with Crippen molar-refractivity contribution in [2.24, 2.45) is 16.7 Å². The van der Waals surface area contributed by atoms with Crippen LogP contribution >= 0.6 is 22.9 Å². The Hall–Kier alpha value is -0.0800. The van der Waals surface area contributed by atoms with E-state index < -0.39 is 0 Å². The van der Waals surface area contributed by atoms with E-state index in [2.05, 4.69) is 38.1 Å². The Morgan fingerprint density at radius 3 is 2.42 bits per heavy atom. The molecule has 1 nitrogen and oxygen atoms in total. The number of aryl methyl sites for hydroxylation is 1. The number of halogens is 1. The van der Waals surface area contributed by atoms with Crippen LogP contribution in [0.15, 0.2) is 5.38 Å². The van der Waals surface area contributed by atoms with Crippen LogP contribution < -0.4 is 0 Å². The van der Waals surface area contributed by atoms with Gasteiger partial charge in [-0.3, -0.25) is 0 Å². The average Bonchev–Trinajstić information content (AvgIpc) is 2.74. The summed E-state index contributed by atoms with van der Waals surface area (Å²) in [5.74, 6) is 1.63. The van der Waals surface area contributed by atoms with Crippen molar-refractivity contribution in [3.63, 3.8) is 0 Å². The normalized spacial score (nSPS) is 28.6. The van der Waals surface area contributed by atoms with Gasteiger partial charge in [-0.2, -0.15) is 0 Å². The van der Waals surface area contributed by atoms with Crippen molar-refractivity contribution in [1.29, 1.82) is 0 Å². The zero-order chi connectivity index (χ0) is 14.1. The summed E-state index contributed by atoms with van der Waals surface area (Å²) in [7, 11) is 0. The minimum absolute atomic E-state index is 0.295. The Bertz CT molecular complexity index is 411. The Labute approximate surface area is 126 Å².